The summed E-state index contributed by atoms with van der Waals surface area (Å²) in [6.45, 7) is 0.452. The third-order valence-corrected chi connectivity index (χ3v) is 5.22. The second-order valence-corrected chi connectivity index (χ2v) is 7.46. The Balaban J connectivity index is 1.44. The number of para-hydroxylation sites is 1. The Bertz CT molecular complexity index is 884. The summed E-state index contributed by atoms with van der Waals surface area (Å²) in [6, 6.07) is 15.2. The summed E-state index contributed by atoms with van der Waals surface area (Å²) in [5.41, 5.74) is 2.91. The molecular formula is C19H17Cl2N3OS. The van der Waals surface area contributed by atoms with E-state index in [1.54, 1.807) is 23.0 Å². The molecule has 0 aliphatic carbocycles. The second-order valence-electron chi connectivity index (χ2n) is 5.63. The quantitative estimate of drug-likeness (QED) is 0.617. The van der Waals surface area contributed by atoms with E-state index in [4.69, 9.17) is 23.2 Å². The third kappa shape index (κ3) is 5.27. The van der Waals surface area contributed by atoms with Crippen molar-refractivity contribution in [2.24, 2.45) is 0 Å². The van der Waals surface area contributed by atoms with Gasteiger partial charge in [-0.3, -0.25) is 4.79 Å². The highest BCUT2D eigenvalue weighted by Gasteiger charge is 2.06. The molecule has 134 valence electrons. The van der Waals surface area contributed by atoms with Gasteiger partial charge in [-0.05, 0) is 29.8 Å². The van der Waals surface area contributed by atoms with Gasteiger partial charge >= 0.3 is 0 Å². The van der Waals surface area contributed by atoms with Gasteiger partial charge in [-0.1, -0.05) is 47.5 Å². The van der Waals surface area contributed by atoms with E-state index in [1.165, 1.54) is 11.8 Å². The smallest absolute Gasteiger partial charge is 0.230 e. The van der Waals surface area contributed by atoms with Gasteiger partial charge in [0.25, 0.3) is 0 Å². The molecule has 1 aromatic heterocycles. The van der Waals surface area contributed by atoms with E-state index in [0.29, 0.717) is 28.1 Å². The molecule has 3 aromatic rings. The van der Waals surface area contributed by atoms with Crippen molar-refractivity contribution in [3.63, 3.8) is 0 Å². The van der Waals surface area contributed by atoms with E-state index in [0.717, 1.165) is 16.8 Å². The molecule has 7 heteroatoms. The van der Waals surface area contributed by atoms with Gasteiger partial charge in [0.2, 0.25) is 5.91 Å². The first-order chi connectivity index (χ1) is 12.6. The number of aromatic nitrogens is 2. The Morgan fingerprint density at radius 2 is 1.96 bits per heavy atom. The normalized spacial score (nSPS) is 10.7. The van der Waals surface area contributed by atoms with Gasteiger partial charge in [0.15, 0.2) is 0 Å². The SMILES string of the molecule is O=C(CSCc1ccc(Cl)cc1Cl)NCc1cnn(-c2ccccc2)c1. The highest BCUT2D eigenvalue weighted by molar-refractivity contribution is 7.99. The molecule has 0 saturated heterocycles. The minimum absolute atomic E-state index is 0.0208. The van der Waals surface area contributed by atoms with Gasteiger partial charge in [-0.2, -0.15) is 5.10 Å². The molecule has 0 atom stereocenters. The molecule has 1 N–H and O–H groups in total. The van der Waals surface area contributed by atoms with Crippen LogP contribution in [0.25, 0.3) is 5.69 Å². The van der Waals surface area contributed by atoms with Gasteiger partial charge in [0, 0.05) is 34.1 Å². The van der Waals surface area contributed by atoms with Crippen LogP contribution < -0.4 is 5.32 Å². The number of nitrogens with one attached hydrogen (secondary N) is 1. The Labute approximate surface area is 166 Å². The molecule has 4 nitrogen and oxygen atoms in total. The number of rotatable bonds is 7. The van der Waals surface area contributed by atoms with Gasteiger partial charge in [-0.15, -0.1) is 11.8 Å². The molecule has 3 rings (SSSR count). The number of nitrogens with zero attached hydrogens (tertiary/aromatic N) is 2. The van der Waals surface area contributed by atoms with Crippen LogP contribution in [0.15, 0.2) is 60.9 Å². The monoisotopic (exact) mass is 405 g/mol. The average molecular weight is 406 g/mol. The van der Waals surface area contributed by atoms with Crippen LogP contribution in [0.2, 0.25) is 10.0 Å². The summed E-state index contributed by atoms with van der Waals surface area (Å²) >= 11 is 13.5. The van der Waals surface area contributed by atoms with Crippen LogP contribution in [0.1, 0.15) is 11.1 Å². The maximum atomic E-state index is 12.0. The number of carbonyl (C=O) groups is 1. The first-order valence-corrected chi connectivity index (χ1v) is 9.90. The molecule has 0 bridgehead atoms. The Hall–Kier alpha value is -1.95. The minimum Gasteiger partial charge on any atom is -0.351 e. The van der Waals surface area contributed by atoms with Crippen molar-refractivity contribution in [1.29, 1.82) is 0 Å². The lowest BCUT2D eigenvalue weighted by Crippen LogP contribution is -2.24. The van der Waals surface area contributed by atoms with E-state index >= 15 is 0 Å². The largest absolute Gasteiger partial charge is 0.351 e. The molecule has 0 radical (unpaired) electrons. The highest BCUT2D eigenvalue weighted by Crippen LogP contribution is 2.24. The van der Waals surface area contributed by atoms with Gasteiger partial charge in [0.1, 0.15) is 0 Å². The van der Waals surface area contributed by atoms with E-state index < -0.39 is 0 Å². The number of halogens is 2. The van der Waals surface area contributed by atoms with Crippen molar-refractivity contribution in [3.05, 3.63) is 82.1 Å². The van der Waals surface area contributed by atoms with Crippen molar-refractivity contribution in [2.75, 3.05) is 5.75 Å². The Morgan fingerprint density at radius 3 is 2.73 bits per heavy atom. The van der Waals surface area contributed by atoms with Gasteiger partial charge in [-0.25, -0.2) is 4.68 Å². The van der Waals surface area contributed by atoms with Crippen LogP contribution in [0, 0.1) is 0 Å². The Kier molecular flexibility index (Phi) is 6.61. The highest BCUT2D eigenvalue weighted by atomic mass is 35.5. The molecule has 0 unspecified atom stereocenters. The lowest BCUT2D eigenvalue weighted by molar-refractivity contribution is -0.118. The predicted octanol–water partition coefficient (Wildman–Crippen LogP) is 4.73. The fourth-order valence-corrected chi connectivity index (χ4v) is 3.73. The van der Waals surface area contributed by atoms with E-state index in [-0.39, 0.29) is 5.91 Å². The minimum atomic E-state index is -0.0208. The van der Waals surface area contributed by atoms with Crippen molar-refractivity contribution < 1.29 is 4.79 Å². The topological polar surface area (TPSA) is 46.9 Å². The van der Waals surface area contributed by atoms with Crippen LogP contribution in [0.3, 0.4) is 0 Å². The van der Waals surface area contributed by atoms with Crippen molar-refractivity contribution >= 4 is 40.9 Å². The number of thioether (sulfide) groups is 1. The molecule has 0 aliphatic heterocycles. The zero-order chi connectivity index (χ0) is 18.4. The summed E-state index contributed by atoms with van der Waals surface area (Å²) in [4.78, 5) is 12.0. The number of benzene rings is 2. The number of amides is 1. The lowest BCUT2D eigenvalue weighted by atomic mass is 10.2. The number of hydrogen-bond acceptors (Lipinski definition) is 3. The van der Waals surface area contributed by atoms with Gasteiger partial charge in [0.05, 0.1) is 17.6 Å². The fraction of sp³-hybridized carbons (Fsp3) is 0.158. The van der Waals surface area contributed by atoms with E-state index in [9.17, 15) is 4.79 Å². The van der Waals surface area contributed by atoms with Crippen LogP contribution in [-0.4, -0.2) is 21.4 Å². The zero-order valence-corrected chi connectivity index (χ0v) is 16.2. The van der Waals surface area contributed by atoms with E-state index in [2.05, 4.69) is 10.4 Å². The average Bonchev–Trinajstić information content (AvgIpc) is 3.12. The molecule has 1 heterocycles. The van der Waals surface area contributed by atoms with Crippen LogP contribution in [0.5, 0.6) is 0 Å². The van der Waals surface area contributed by atoms with Crippen LogP contribution in [-0.2, 0) is 17.1 Å². The lowest BCUT2D eigenvalue weighted by Gasteiger charge is -2.06. The maximum Gasteiger partial charge on any atom is 0.230 e. The molecule has 0 saturated carbocycles. The molecule has 26 heavy (non-hydrogen) atoms. The molecule has 1 amide bonds. The van der Waals surface area contributed by atoms with Crippen molar-refractivity contribution in [3.8, 4) is 5.69 Å². The van der Waals surface area contributed by atoms with E-state index in [1.807, 2.05) is 42.6 Å². The number of hydrogen-bond donors (Lipinski definition) is 1. The molecule has 0 spiro atoms. The molecular weight excluding hydrogens is 389 g/mol. The maximum absolute atomic E-state index is 12.0. The van der Waals surface area contributed by atoms with Crippen LogP contribution in [0.4, 0.5) is 0 Å². The zero-order valence-electron chi connectivity index (χ0n) is 13.9. The molecule has 0 aliphatic rings. The number of carbonyl (C=O) groups excluding carboxylic acids is 1. The van der Waals surface area contributed by atoms with Crippen LogP contribution >= 0.6 is 35.0 Å². The first-order valence-electron chi connectivity index (χ1n) is 7.99. The second kappa shape index (κ2) is 9.12. The predicted molar refractivity (Wildman–Crippen MR) is 108 cm³/mol. The first kappa shape index (κ1) is 18.8. The summed E-state index contributed by atoms with van der Waals surface area (Å²) < 4.78 is 1.79. The summed E-state index contributed by atoms with van der Waals surface area (Å²) in [5.74, 6) is 1.01. The fourth-order valence-electron chi connectivity index (χ4n) is 2.32. The van der Waals surface area contributed by atoms with Crippen molar-refractivity contribution in [1.82, 2.24) is 15.1 Å². The summed E-state index contributed by atoms with van der Waals surface area (Å²) in [6.07, 6.45) is 3.67. The third-order valence-electron chi connectivity index (χ3n) is 3.65. The molecule has 0 fully saturated rings. The molecule has 2 aromatic carbocycles. The summed E-state index contributed by atoms with van der Waals surface area (Å²) in [7, 11) is 0. The summed E-state index contributed by atoms with van der Waals surface area (Å²) in [5, 5.41) is 8.46. The van der Waals surface area contributed by atoms with Crippen molar-refractivity contribution in [2.45, 2.75) is 12.3 Å². The van der Waals surface area contributed by atoms with Gasteiger partial charge < -0.3 is 5.32 Å². The standard InChI is InChI=1S/C19H17Cl2N3OS/c20-16-7-6-15(18(21)8-16)12-26-13-19(25)22-9-14-10-23-24(11-14)17-4-2-1-3-5-17/h1-8,10-11H,9,12-13H2,(H,22,25). The Morgan fingerprint density at radius 1 is 1.15 bits per heavy atom.